The topological polar surface area (TPSA) is 65.9 Å². The van der Waals surface area contributed by atoms with E-state index >= 15 is 0 Å². The number of rotatable bonds is 7. The summed E-state index contributed by atoms with van der Waals surface area (Å²) in [7, 11) is 0. The molecule has 2 amide bonds. The fraction of sp³-hybridized carbons (Fsp3) is 0.524. The lowest BCUT2D eigenvalue weighted by molar-refractivity contribution is -0.908. The van der Waals surface area contributed by atoms with E-state index < -0.39 is 0 Å². The van der Waals surface area contributed by atoms with Crippen LogP contribution in [0.4, 0.5) is 0 Å². The van der Waals surface area contributed by atoms with Crippen molar-refractivity contribution in [1.82, 2.24) is 15.8 Å². The number of nitrogens with zero attached hydrogens (tertiary/aromatic N) is 1. The second-order valence-corrected chi connectivity index (χ2v) is 8.26. The molecule has 3 N–H and O–H groups in total. The molecule has 0 aromatic heterocycles. The SMILES string of the molecule is CC1CCC[NH+](CCCNC(=O)CN2NC(c3ccc(Cl)cc3)=CCC2=O)C1. The van der Waals surface area contributed by atoms with Gasteiger partial charge in [-0.15, -0.1) is 0 Å². The lowest BCUT2D eigenvalue weighted by Crippen LogP contribution is -3.13. The zero-order chi connectivity index (χ0) is 19.9. The van der Waals surface area contributed by atoms with Gasteiger partial charge in [0.1, 0.15) is 6.54 Å². The highest BCUT2D eigenvalue weighted by molar-refractivity contribution is 6.30. The molecule has 1 saturated heterocycles. The molecule has 6 nitrogen and oxygen atoms in total. The maximum atomic E-state index is 12.3. The average Bonchev–Trinajstić information content (AvgIpc) is 2.68. The maximum Gasteiger partial charge on any atom is 0.245 e. The van der Waals surface area contributed by atoms with Crippen molar-refractivity contribution in [3.05, 3.63) is 40.9 Å². The third-order valence-electron chi connectivity index (χ3n) is 5.39. The van der Waals surface area contributed by atoms with E-state index in [0.717, 1.165) is 30.1 Å². The standard InChI is InChI=1S/C21H29ClN4O2/c1-16-4-2-12-25(14-16)13-3-11-23-20(27)15-26-21(28)10-9-19(24-26)17-5-7-18(22)8-6-17/h5-9,16,24H,2-4,10-15H2,1H3,(H,23,27)/p+1. The largest absolute Gasteiger partial charge is 0.354 e. The van der Waals surface area contributed by atoms with Crippen LogP contribution in [0.5, 0.6) is 0 Å². The minimum absolute atomic E-state index is 0.0113. The molecule has 2 unspecified atom stereocenters. The Bertz CT molecular complexity index is 720. The van der Waals surface area contributed by atoms with Crippen molar-refractivity contribution in [1.29, 1.82) is 0 Å². The summed E-state index contributed by atoms with van der Waals surface area (Å²) < 4.78 is 0. The Kier molecular flexibility index (Phi) is 7.34. The van der Waals surface area contributed by atoms with Gasteiger partial charge in [0.25, 0.3) is 0 Å². The van der Waals surface area contributed by atoms with E-state index in [2.05, 4.69) is 17.7 Å². The molecular formula is C21H30ClN4O2+. The summed E-state index contributed by atoms with van der Waals surface area (Å²) >= 11 is 5.93. The molecule has 1 fully saturated rings. The number of hydrogen-bond donors (Lipinski definition) is 3. The molecule has 0 saturated carbocycles. The lowest BCUT2D eigenvalue weighted by Gasteiger charge is -2.29. The van der Waals surface area contributed by atoms with Crippen LogP contribution in [0.3, 0.4) is 0 Å². The molecule has 0 radical (unpaired) electrons. The van der Waals surface area contributed by atoms with Crippen LogP contribution in [-0.2, 0) is 9.59 Å². The molecule has 0 bridgehead atoms. The summed E-state index contributed by atoms with van der Waals surface area (Å²) in [5.74, 6) is 0.553. The highest BCUT2D eigenvalue weighted by Gasteiger charge is 2.22. The Balaban J connectivity index is 1.41. The van der Waals surface area contributed by atoms with Crippen LogP contribution in [0.15, 0.2) is 30.3 Å². The smallest absolute Gasteiger partial charge is 0.245 e. The van der Waals surface area contributed by atoms with E-state index in [-0.39, 0.29) is 24.8 Å². The van der Waals surface area contributed by atoms with Crippen molar-refractivity contribution >= 4 is 29.1 Å². The van der Waals surface area contributed by atoms with Crippen LogP contribution in [-0.4, -0.2) is 49.5 Å². The fourth-order valence-electron chi connectivity index (χ4n) is 3.88. The van der Waals surface area contributed by atoms with Crippen molar-refractivity contribution in [2.45, 2.75) is 32.6 Å². The van der Waals surface area contributed by atoms with Gasteiger partial charge < -0.3 is 10.2 Å². The number of likely N-dealkylation sites (tertiary alicyclic amines) is 1. The van der Waals surface area contributed by atoms with Gasteiger partial charge in [-0.05, 0) is 36.6 Å². The number of amides is 2. The third kappa shape index (κ3) is 5.97. The summed E-state index contributed by atoms with van der Waals surface area (Å²) in [6.07, 6.45) is 5.71. The van der Waals surface area contributed by atoms with E-state index in [4.69, 9.17) is 11.6 Å². The Hall–Kier alpha value is -2.05. The van der Waals surface area contributed by atoms with Crippen LogP contribution >= 0.6 is 11.6 Å². The number of carbonyl (C=O) groups excluding carboxylic acids is 2. The van der Waals surface area contributed by atoms with Gasteiger partial charge in [0.2, 0.25) is 11.8 Å². The Morgan fingerprint density at radius 2 is 2.14 bits per heavy atom. The van der Waals surface area contributed by atoms with Gasteiger partial charge in [-0.1, -0.05) is 30.7 Å². The van der Waals surface area contributed by atoms with E-state index in [1.165, 1.54) is 30.9 Å². The molecule has 152 valence electrons. The number of halogens is 1. The predicted molar refractivity (Wildman–Crippen MR) is 110 cm³/mol. The Morgan fingerprint density at radius 1 is 1.36 bits per heavy atom. The van der Waals surface area contributed by atoms with Crippen molar-refractivity contribution in [2.75, 3.05) is 32.7 Å². The van der Waals surface area contributed by atoms with Crippen molar-refractivity contribution in [3.63, 3.8) is 0 Å². The number of nitrogens with one attached hydrogen (secondary N) is 3. The van der Waals surface area contributed by atoms with Gasteiger partial charge in [-0.3, -0.25) is 15.0 Å². The zero-order valence-corrected chi connectivity index (χ0v) is 17.2. The van der Waals surface area contributed by atoms with Gasteiger partial charge in [-0.25, -0.2) is 5.01 Å². The van der Waals surface area contributed by atoms with Gasteiger partial charge in [0.15, 0.2) is 0 Å². The second kappa shape index (κ2) is 9.94. The first-order valence-corrected chi connectivity index (χ1v) is 10.5. The number of carbonyl (C=O) groups is 2. The van der Waals surface area contributed by atoms with Crippen molar-refractivity contribution < 1.29 is 14.5 Å². The molecule has 1 aromatic carbocycles. The number of hydrogen-bond acceptors (Lipinski definition) is 3. The van der Waals surface area contributed by atoms with Crippen LogP contribution in [0.25, 0.3) is 5.70 Å². The molecule has 1 aromatic rings. The maximum absolute atomic E-state index is 12.3. The molecule has 0 spiro atoms. The first-order chi connectivity index (χ1) is 13.5. The highest BCUT2D eigenvalue weighted by Crippen LogP contribution is 2.19. The van der Waals surface area contributed by atoms with Crippen LogP contribution in [0.2, 0.25) is 5.02 Å². The molecule has 2 heterocycles. The van der Waals surface area contributed by atoms with Crippen LogP contribution < -0.4 is 15.6 Å². The van der Waals surface area contributed by atoms with Crippen LogP contribution in [0.1, 0.15) is 38.2 Å². The zero-order valence-electron chi connectivity index (χ0n) is 16.5. The van der Waals surface area contributed by atoms with Crippen molar-refractivity contribution in [3.8, 4) is 0 Å². The van der Waals surface area contributed by atoms with Crippen molar-refractivity contribution in [2.24, 2.45) is 5.92 Å². The average molecular weight is 406 g/mol. The fourth-order valence-corrected chi connectivity index (χ4v) is 4.01. The molecular weight excluding hydrogens is 376 g/mol. The number of hydrazine groups is 1. The summed E-state index contributed by atoms with van der Waals surface area (Å²) in [5, 5.41) is 4.99. The predicted octanol–water partition coefficient (Wildman–Crippen LogP) is 1.24. The second-order valence-electron chi connectivity index (χ2n) is 7.83. The molecule has 2 aliphatic rings. The van der Waals surface area contributed by atoms with Gasteiger partial charge >= 0.3 is 0 Å². The van der Waals surface area contributed by atoms with E-state index in [1.807, 2.05) is 18.2 Å². The first kappa shape index (κ1) is 20.7. The Morgan fingerprint density at radius 3 is 2.89 bits per heavy atom. The Labute approximate surface area is 171 Å². The summed E-state index contributed by atoms with van der Waals surface area (Å²) in [5.41, 5.74) is 4.80. The van der Waals surface area contributed by atoms with Gasteiger partial charge in [-0.2, -0.15) is 0 Å². The first-order valence-electron chi connectivity index (χ1n) is 10.1. The van der Waals surface area contributed by atoms with Crippen LogP contribution in [0, 0.1) is 5.92 Å². The summed E-state index contributed by atoms with van der Waals surface area (Å²) in [6.45, 7) is 6.55. The molecule has 7 heteroatoms. The molecule has 28 heavy (non-hydrogen) atoms. The number of benzene rings is 1. The van der Waals surface area contributed by atoms with Gasteiger partial charge in [0, 0.05) is 30.3 Å². The van der Waals surface area contributed by atoms with E-state index in [0.29, 0.717) is 11.6 Å². The monoisotopic (exact) mass is 405 g/mol. The number of quaternary nitrogens is 1. The highest BCUT2D eigenvalue weighted by atomic mass is 35.5. The number of piperidine rings is 1. The summed E-state index contributed by atoms with van der Waals surface area (Å²) in [4.78, 5) is 26.0. The lowest BCUT2D eigenvalue weighted by atomic mass is 10.0. The minimum atomic E-state index is -0.139. The van der Waals surface area contributed by atoms with E-state index in [1.54, 1.807) is 17.0 Å². The quantitative estimate of drug-likeness (QED) is 0.598. The minimum Gasteiger partial charge on any atom is -0.354 e. The third-order valence-corrected chi connectivity index (χ3v) is 5.64. The normalized spacial score (nSPS) is 22.4. The molecule has 2 aliphatic heterocycles. The van der Waals surface area contributed by atoms with Gasteiger partial charge in [0.05, 0.1) is 25.3 Å². The summed E-state index contributed by atoms with van der Waals surface area (Å²) in [6, 6.07) is 7.38. The van der Waals surface area contributed by atoms with E-state index in [9.17, 15) is 9.59 Å². The molecule has 3 rings (SSSR count). The molecule has 2 atom stereocenters. The molecule has 0 aliphatic carbocycles.